The molecule has 24 heavy (non-hydrogen) atoms. The fourth-order valence-corrected chi connectivity index (χ4v) is 5.31. The van der Waals surface area contributed by atoms with Crippen LogP contribution in [0.15, 0.2) is 40.3 Å². The van der Waals surface area contributed by atoms with E-state index in [0.717, 1.165) is 41.3 Å². The summed E-state index contributed by atoms with van der Waals surface area (Å²) in [6.45, 7) is 1.69. The molecule has 2 fully saturated rings. The zero-order valence-corrected chi connectivity index (χ0v) is 16.2. The molecule has 4 rings (SSSR count). The number of thiophene rings is 1. The minimum absolute atomic E-state index is 0.0608. The van der Waals surface area contributed by atoms with Crippen LogP contribution in [0.3, 0.4) is 0 Å². The minimum Gasteiger partial charge on any atom is -0.376 e. The second kappa shape index (κ2) is 7.07. The summed E-state index contributed by atoms with van der Waals surface area (Å²) in [7, 11) is 0. The van der Waals surface area contributed by atoms with Crippen LogP contribution in [0.1, 0.15) is 35.5 Å². The Balaban J connectivity index is 1.67. The maximum absolute atomic E-state index is 5.84. The van der Waals surface area contributed by atoms with Crippen LogP contribution < -0.4 is 5.32 Å². The molecule has 0 amide bonds. The van der Waals surface area contributed by atoms with Crippen LogP contribution in [0.25, 0.3) is 0 Å². The number of halogens is 1. The lowest BCUT2D eigenvalue weighted by atomic mass is 10.0. The first-order valence-electron chi connectivity index (χ1n) is 8.06. The number of aromatic nitrogens is 1. The second-order valence-corrected chi connectivity index (χ2v) is 8.33. The van der Waals surface area contributed by atoms with Gasteiger partial charge in [0.2, 0.25) is 0 Å². The summed E-state index contributed by atoms with van der Waals surface area (Å²) in [6.07, 6.45) is 4.34. The van der Waals surface area contributed by atoms with Gasteiger partial charge in [-0.2, -0.15) is 0 Å². The first-order chi connectivity index (χ1) is 11.7. The second-order valence-electron chi connectivity index (χ2n) is 6.08. The molecule has 2 aromatic rings. The number of ether oxygens (including phenoxy) is 1. The Labute approximate surface area is 159 Å². The molecule has 4 nitrogen and oxygen atoms in total. The van der Waals surface area contributed by atoms with Crippen LogP contribution in [0.5, 0.6) is 0 Å². The van der Waals surface area contributed by atoms with Gasteiger partial charge >= 0.3 is 0 Å². The molecule has 0 aromatic carbocycles. The zero-order chi connectivity index (χ0) is 16.5. The van der Waals surface area contributed by atoms with Crippen LogP contribution >= 0.6 is 39.5 Å². The van der Waals surface area contributed by atoms with E-state index in [-0.39, 0.29) is 18.2 Å². The van der Waals surface area contributed by atoms with E-state index in [1.165, 1.54) is 4.88 Å². The van der Waals surface area contributed by atoms with E-state index < -0.39 is 0 Å². The van der Waals surface area contributed by atoms with Gasteiger partial charge in [0.15, 0.2) is 5.11 Å². The zero-order valence-electron chi connectivity index (χ0n) is 13.0. The van der Waals surface area contributed by atoms with E-state index in [9.17, 15) is 0 Å². The van der Waals surface area contributed by atoms with Gasteiger partial charge in [-0.25, -0.2) is 0 Å². The predicted molar refractivity (Wildman–Crippen MR) is 103 cm³/mol. The molecule has 3 atom stereocenters. The minimum atomic E-state index is 0.0608. The van der Waals surface area contributed by atoms with Gasteiger partial charge in [-0.1, -0.05) is 6.07 Å². The van der Waals surface area contributed by atoms with Gasteiger partial charge < -0.3 is 15.0 Å². The van der Waals surface area contributed by atoms with E-state index in [2.05, 4.69) is 48.6 Å². The standard InChI is InChI=1S/C17H18BrN3OS2/c18-11-8-14(24-10-11)16-15(13-5-1-2-6-19-13)20-17(23)21(16)9-12-4-3-7-22-12/h1-2,5-6,8,10,12,15-16H,3-4,7,9H2,(H,20,23). The Bertz CT molecular complexity index is 718. The molecular weight excluding hydrogens is 406 g/mol. The number of hydrogen-bond acceptors (Lipinski definition) is 4. The van der Waals surface area contributed by atoms with Crippen LogP contribution in [0.4, 0.5) is 0 Å². The molecule has 0 spiro atoms. The van der Waals surface area contributed by atoms with Crippen molar-refractivity contribution in [3.8, 4) is 0 Å². The maximum atomic E-state index is 5.84. The molecule has 2 aliphatic rings. The number of hydrogen-bond donors (Lipinski definition) is 1. The average molecular weight is 424 g/mol. The number of nitrogens with zero attached hydrogens (tertiary/aromatic N) is 2. The number of nitrogens with one attached hydrogen (secondary N) is 1. The summed E-state index contributed by atoms with van der Waals surface area (Å²) in [5, 5.41) is 6.39. The summed E-state index contributed by atoms with van der Waals surface area (Å²) < 4.78 is 6.95. The molecule has 0 radical (unpaired) electrons. The number of thiocarbonyl (C=S) groups is 1. The van der Waals surface area contributed by atoms with Crippen molar-refractivity contribution in [2.24, 2.45) is 0 Å². The topological polar surface area (TPSA) is 37.4 Å². The number of pyridine rings is 1. The average Bonchev–Trinajstić information content (AvgIpc) is 3.31. The van der Waals surface area contributed by atoms with E-state index >= 15 is 0 Å². The summed E-state index contributed by atoms with van der Waals surface area (Å²) in [5.74, 6) is 0. The molecule has 7 heteroatoms. The molecule has 2 saturated heterocycles. The molecular formula is C17H18BrN3OS2. The van der Waals surface area contributed by atoms with Gasteiger partial charge in [-0.3, -0.25) is 4.98 Å². The Morgan fingerprint density at radius 1 is 1.46 bits per heavy atom. The predicted octanol–water partition coefficient (Wildman–Crippen LogP) is 4.06. The van der Waals surface area contributed by atoms with Gasteiger partial charge in [-0.15, -0.1) is 11.3 Å². The first-order valence-corrected chi connectivity index (χ1v) is 10.1. The first kappa shape index (κ1) is 16.4. The molecule has 0 aliphatic carbocycles. The van der Waals surface area contributed by atoms with Gasteiger partial charge in [0.1, 0.15) is 0 Å². The lowest BCUT2D eigenvalue weighted by molar-refractivity contribution is 0.0846. The quantitative estimate of drug-likeness (QED) is 0.750. The van der Waals surface area contributed by atoms with E-state index in [4.69, 9.17) is 17.0 Å². The summed E-state index contributed by atoms with van der Waals surface area (Å²) in [5.41, 5.74) is 1.02. The Morgan fingerprint density at radius 2 is 2.38 bits per heavy atom. The van der Waals surface area contributed by atoms with Gasteiger partial charge in [0.25, 0.3) is 0 Å². The third kappa shape index (κ3) is 3.22. The maximum Gasteiger partial charge on any atom is 0.170 e. The number of rotatable bonds is 4. The molecule has 4 heterocycles. The fraction of sp³-hybridized carbons (Fsp3) is 0.412. The highest BCUT2D eigenvalue weighted by molar-refractivity contribution is 9.10. The molecule has 126 valence electrons. The third-order valence-electron chi connectivity index (χ3n) is 4.50. The van der Waals surface area contributed by atoms with Crippen molar-refractivity contribution in [3.05, 3.63) is 50.9 Å². The van der Waals surface area contributed by atoms with Gasteiger partial charge in [0, 0.05) is 34.1 Å². The van der Waals surface area contributed by atoms with Crippen molar-refractivity contribution < 1.29 is 4.74 Å². The van der Waals surface area contributed by atoms with E-state index in [1.54, 1.807) is 11.3 Å². The van der Waals surface area contributed by atoms with Crippen molar-refractivity contribution in [1.29, 1.82) is 0 Å². The highest BCUT2D eigenvalue weighted by atomic mass is 79.9. The smallest absolute Gasteiger partial charge is 0.170 e. The van der Waals surface area contributed by atoms with Crippen LogP contribution in [0.2, 0.25) is 0 Å². The summed E-state index contributed by atoms with van der Waals surface area (Å²) >= 11 is 11.0. The molecule has 1 N–H and O–H groups in total. The fourth-order valence-electron chi connectivity index (χ4n) is 3.40. The molecule has 3 unspecified atom stereocenters. The molecule has 0 saturated carbocycles. The Kier molecular flexibility index (Phi) is 4.85. The summed E-state index contributed by atoms with van der Waals surface area (Å²) in [6, 6.07) is 8.42. The highest BCUT2D eigenvalue weighted by Gasteiger charge is 2.41. The summed E-state index contributed by atoms with van der Waals surface area (Å²) in [4.78, 5) is 8.12. The van der Waals surface area contributed by atoms with Gasteiger partial charge in [-0.05, 0) is 59.2 Å². The van der Waals surface area contributed by atoms with Gasteiger partial charge in [0.05, 0.1) is 23.9 Å². The molecule has 0 bridgehead atoms. The molecule has 2 aromatic heterocycles. The lowest BCUT2D eigenvalue weighted by Crippen LogP contribution is -2.36. The normalized spacial score (nSPS) is 26.8. The lowest BCUT2D eigenvalue weighted by Gasteiger charge is -2.28. The van der Waals surface area contributed by atoms with Crippen molar-refractivity contribution in [2.75, 3.05) is 13.2 Å². The molecule has 2 aliphatic heterocycles. The van der Waals surface area contributed by atoms with Crippen molar-refractivity contribution in [1.82, 2.24) is 15.2 Å². The van der Waals surface area contributed by atoms with Crippen molar-refractivity contribution >= 4 is 44.6 Å². The van der Waals surface area contributed by atoms with Crippen molar-refractivity contribution in [3.63, 3.8) is 0 Å². The van der Waals surface area contributed by atoms with Crippen LogP contribution in [0, 0.1) is 0 Å². The monoisotopic (exact) mass is 423 g/mol. The largest absolute Gasteiger partial charge is 0.376 e. The van der Waals surface area contributed by atoms with E-state index in [1.807, 2.05) is 18.3 Å². The highest BCUT2D eigenvalue weighted by Crippen LogP contribution is 2.42. The van der Waals surface area contributed by atoms with Crippen molar-refractivity contribution in [2.45, 2.75) is 31.0 Å². The Morgan fingerprint density at radius 3 is 3.04 bits per heavy atom. The van der Waals surface area contributed by atoms with Crippen LogP contribution in [-0.4, -0.2) is 34.3 Å². The van der Waals surface area contributed by atoms with E-state index in [0.29, 0.717) is 0 Å². The Hall–Kier alpha value is -1.02. The SMILES string of the molecule is S=C1NC(c2ccccn2)C(c2cc(Br)cs2)N1CC1CCCO1. The van der Waals surface area contributed by atoms with Crippen LogP contribution in [-0.2, 0) is 4.74 Å². The third-order valence-corrected chi connectivity index (χ3v) is 6.62.